The molecule has 0 saturated heterocycles. The fourth-order valence-corrected chi connectivity index (χ4v) is 2.62. The van der Waals surface area contributed by atoms with Crippen LogP contribution in [0.1, 0.15) is 53.4 Å². The Bertz CT molecular complexity index is 196. The number of nitrogens with two attached hydrogens (primary N) is 1. The second kappa shape index (κ2) is 3.82. The highest BCUT2D eigenvalue weighted by Gasteiger charge is 2.52. The molecule has 0 heterocycles. The first kappa shape index (κ1) is 12.0. The predicted octanol–water partition coefficient (Wildman–Crippen LogP) is 2.30. The Hall–Kier alpha value is -0.0800. The van der Waals surface area contributed by atoms with Gasteiger partial charge in [-0.15, -0.1) is 0 Å². The average Bonchev–Trinajstić information content (AvgIpc) is 1.98. The molecule has 1 atom stereocenters. The van der Waals surface area contributed by atoms with Crippen molar-refractivity contribution >= 4 is 0 Å². The van der Waals surface area contributed by atoms with E-state index < -0.39 is 5.60 Å². The fourth-order valence-electron chi connectivity index (χ4n) is 2.62. The summed E-state index contributed by atoms with van der Waals surface area (Å²) in [5.41, 5.74) is 5.45. The molecule has 1 saturated carbocycles. The fraction of sp³-hybridized carbons (Fsp3) is 1.00. The molecule has 2 heteroatoms. The average molecular weight is 199 g/mol. The van der Waals surface area contributed by atoms with E-state index in [2.05, 4.69) is 27.7 Å². The topological polar surface area (TPSA) is 46.2 Å². The third kappa shape index (κ3) is 1.82. The summed E-state index contributed by atoms with van der Waals surface area (Å²) in [6.45, 7) is 8.59. The summed E-state index contributed by atoms with van der Waals surface area (Å²) in [4.78, 5) is 0. The van der Waals surface area contributed by atoms with Gasteiger partial charge in [-0.25, -0.2) is 0 Å². The molecule has 1 aliphatic carbocycles. The summed E-state index contributed by atoms with van der Waals surface area (Å²) >= 11 is 0. The Balaban J connectivity index is 2.80. The van der Waals surface area contributed by atoms with Crippen LogP contribution in [0, 0.1) is 11.8 Å². The first-order chi connectivity index (χ1) is 6.32. The Morgan fingerprint density at radius 1 is 1.29 bits per heavy atom. The summed E-state index contributed by atoms with van der Waals surface area (Å²) in [6, 6.07) is 0. The van der Waals surface area contributed by atoms with Gasteiger partial charge in [0, 0.05) is 5.54 Å². The van der Waals surface area contributed by atoms with Gasteiger partial charge in [-0.1, -0.05) is 27.7 Å². The molecule has 2 nitrogen and oxygen atoms in total. The molecular formula is C12H25NO. The highest BCUT2D eigenvalue weighted by molar-refractivity contribution is 5.09. The molecule has 84 valence electrons. The molecule has 3 N–H and O–H groups in total. The third-order valence-corrected chi connectivity index (χ3v) is 3.82. The van der Waals surface area contributed by atoms with Gasteiger partial charge >= 0.3 is 0 Å². The van der Waals surface area contributed by atoms with Crippen molar-refractivity contribution in [2.45, 2.75) is 64.5 Å². The number of hydrogen-bond donors (Lipinski definition) is 2. The molecule has 0 spiro atoms. The largest absolute Gasteiger partial charge is 0.388 e. The van der Waals surface area contributed by atoms with Gasteiger partial charge in [-0.2, -0.15) is 0 Å². The minimum absolute atomic E-state index is 0.343. The number of rotatable bonds is 4. The minimum Gasteiger partial charge on any atom is -0.388 e. The van der Waals surface area contributed by atoms with Crippen LogP contribution in [-0.2, 0) is 0 Å². The Morgan fingerprint density at radius 3 is 2.00 bits per heavy atom. The maximum absolute atomic E-state index is 10.4. The lowest BCUT2D eigenvalue weighted by Gasteiger charge is -2.53. The zero-order valence-electron chi connectivity index (χ0n) is 10.0. The maximum Gasteiger partial charge on any atom is 0.0829 e. The van der Waals surface area contributed by atoms with E-state index in [9.17, 15) is 5.11 Å². The van der Waals surface area contributed by atoms with E-state index in [1.54, 1.807) is 0 Å². The molecule has 0 aromatic heterocycles. The summed E-state index contributed by atoms with van der Waals surface area (Å²) in [7, 11) is 0. The second-order valence-corrected chi connectivity index (χ2v) is 5.68. The van der Waals surface area contributed by atoms with Crippen molar-refractivity contribution in [3.63, 3.8) is 0 Å². The van der Waals surface area contributed by atoms with Crippen molar-refractivity contribution < 1.29 is 5.11 Å². The molecule has 0 radical (unpaired) electrons. The zero-order chi connectivity index (χ0) is 11.0. The Labute approximate surface area is 87.9 Å². The number of aliphatic hydroxyl groups is 1. The lowest BCUT2D eigenvalue weighted by atomic mass is 9.60. The molecule has 0 aromatic carbocycles. The summed E-state index contributed by atoms with van der Waals surface area (Å²) in [5.74, 6) is 0.891. The van der Waals surface area contributed by atoms with Crippen molar-refractivity contribution in [3.8, 4) is 0 Å². The van der Waals surface area contributed by atoms with Crippen LogP contribution in [-0.4, -0.2) is 16.2 Å². The van der Waals surface area contributed by atoms with Crippen molar-refractivity contribution in [1.82, 2.24) is 0 Å². The van der Waals surface area contributed by atoms with Gasteiger partial charge in [0.15, 0.2) is 0 Å². The molecular weight excluding hydrogens is 174 g/mol. The van der Waals surface area contributed by atoms with Crippen molar-refractivity contribution in [2.75, 3.05) is 0 Å². The third-order valence-electron chi connectivity index (χ3n) is 3.82. The van der Waals surface area contributed by atoms with Gasteiger partial charge in [0.2, 0.25) is 0 Å². The summed E-state index contributed by atoms with van der Waals surface area (Å²) in [6.07, 6.45) is 3.81. The normalized spacial score (nSPS) is 24.9. The smallest absolute Gasteiger partial charge is 0.0829 e. The van der Waals surface area contributed by atoms with Crippen molar-refractivity contribution in [3.05, 3.63) is 0 Å². The van der Waals surface area contributed by atoms with Crippen LogP contribution in [0.2, 0.25) is 0 Å². The lowest BCUT2D eigenvalue weighted by Crippen LogP contribution is -2.67. The molecule has 0 amide bonds. The maximum atomic E-state index is 10.4. The highest BCUT2D eigenvalue weighted by atomic mass is 16.3. The molecule has 0 aliphatic heterocycles. The van der Waals surface area contributed by atoms with Crippen LogP contribution in [0.25, 0.3) is 0 Å². The summed E-state index contributed by atoms with van der Waals surface area (Å²) in [5, 5.41) is 10.4. The molecule has 1 fully saturated rings. The minimum atomic E-state index is -0.592. The molecule has 14 heavy (non-hydrogen) atoms. The van der Waals surface area contributed by atoms with E-state index >= 15 is 0 Å². The monoisotopic (exact) mass is 199 g/mol. The Kier molecular flexibility index (Phi) is 3.27. The standard InChI is InChI=1S/C12H25NO/c1-9(2)8-12(13,10(3)4)11(14)6-5-7-11/h9-10,14H,5-8,13H2,1-4H3. The van der Waals surface area contributed by atoms with E-state index in [-0.39, 0.29) is 5.54 Å². The summed E-state index contributed by atoms with van der Waals surface area (Å²) < 4.78 is 0. The van der Waals surface area contributed by atoms with Crippen LogP contribution in [0.5, 0.6) is 0 Å². The van der Waals surface area contributed by atoms with Gasteiger partial charge in [-0.05, 0) is 37.5 Å². The van der Waals surface area contributed by atoms with Gasteiger partial charge < -0.3 is 10.8 Å². The van der Waals surface area contributed by atoms with E-state index in [1.807, 2.05) is 0 Å². The molecule has 1 unspecified atom stereocenters. The van der Waals surface area contributed by atoms with Crippen LogP contribution >= 0.6 is 0 Å². The van der Waals surface area contributed by atoms with Crippen LogP contribution < -0.4 is 5.73 Å². The van der Waals surface area contributed by atoms with Crippen LogP contribution in [0.15, 0.2) is 0 Å². The van der Waals surface area contributed by atoms with Crippen LogP contribution in [0.3, 0.4) is 0 Å². The number of hydrogen-bond acceptors (Lipinski definition) is 2. The first-order valence-electron chi connectivity index (χ1n) is 5.83. The molecule has 1 aliphatic rings. The Morgan fingerprint density at radius 2 is 1.79 bits per heavy atom. The van der Waals surface area contributed by atoms with E-state index in [0.717, 1.165) is 25.7 Å². The first-order valence-corrected chi connectivity index (χ1v) is 5.83. The van der Waals surface area contributed by atoms with Crippen molar-refractivity contribution in [1.29, 1.82) is 0 Å². The molecule has 1 rings (SSSR count). The van der Waals surface area contributed by atoms with Gasteiger partial charge in [0.1, 0.15) is 0 Å². The molecule has 0 bridgehead atoms. The zero-order valence-corrected chi connectivity index (χ0v) is 10.0. The quantitative estimate of drug-likeness (QED) is 0.730. The second-order valence-electron chi connectivity index (χ2n) is 5.68. The molecule has 0 aromatic rings. The van der Waals surface area contributed by atoms with Crippen molar-refractivity contribution in [2.24, 2.45) is 17.6 Å². The van der Waals surface area contributed by atoms with E-state index in [1.165, 1.54) is 0 Å². The van der Waals surface area contributed by atoms with Crippen LogP contribution in [0.4, 0.5) is 0 Å². The van der Waals surface area contributed by atoms with Gasteiger partial charge in [0.25, 0.3) is 0 Å². The highest BCUT2D eigenvalue weighted by Crippen LogP contribution is 2.45. The SMILES string of the molecule is CC(C)CC(N)(C(C)C)C1(O)CCC1. The van der Waals surface area contributed by atoms with E-state index in [0.29, 0.717) is 11.8 Å². The van der Waals surface area contributed by atoms with Gasteiger partial charge in [-0.3, -0.25) is 0 Å². The lowest BCUT2D eigenvalue weighted by molar-refractivity contribution is -0.120. The predicted molar refractivity (Wildman–Crippen MR) is 60.0 cm³/mol. The van der Waals surface area contributed by atoms with Gasteiger partial charge in [0.05, 0.1) is 5.60 Å². The van der Waals surface area contributed by atoms with E-state index in [4.69, 9.17) is 5.73 Å².